The monoisotopic (exact) mass is 583 g/mol. The highest BCUT2D eigenvalue weighted by molar-refractivity contribution is 6.90. The zero-order valence-electron chi connectivity index (χ0n) is 24.9. The molecule has 7 aromatic carbocycles. The van der Waals surface area contributed by atoms with E-state index in [1.165, 1.54) is 82.7 Å². The lowest BCUT2D eigenvalue weighted by molar-refractivity contribution is 1.17. The minimum absolute atomic E-state index is 0.0469. The number of rotatable bonds is 2. The van der Waals surface area contributed by atoms with Gasteiger partial charge in [-0.2, -0.15) is 0 Å². The van der Waals surface area contributed by atoms with Gasteiger partial charge in [-0.3, -0.25) is 0 Å². The Labute approximate surface area is 266 Å². The summed E-state index contributed by atoms with van der Waals surface area (Å²) in [6, 6.07) is 58.1. The van der Waals surface area contributed by atoms with Crippen molar-refractivity contribution < 1.29 is 0 Å². The number of para-hydroxylation sites is 6. The Morgan fingerprint density at radius 1 is 0.413 bits per heavy atom. The normalized spacial score (nSPS) is 13.1. The molecule has 9 aromatic rings. The zero-order chi connectivity index (χ0) is 29.9. The third kappa shape index (κ3) is 2.99. The van der Waals surface area contributed by atoms with Crippen LogP contribution in [0.2, 0.25) is 0 Å². The molecule has 0 amide bonds. The molecule has 4 heteroatoms. The first-order valence-electron chi connectivity index (χ1n) is 16.0. The molecular weight excluding hydrogens is 557 g/mol. The van der Waals surface area contributed by atoms with E-state index in [-0.39, 0.29) is 6.85 Å². The summed E-state index contributed by atoms with van der Waals surface area (Å²) in [5, 5.41) is 5.16. The molecule has 0 radical (unpaired) electrons. The van der Waals surface area contributed by atoms with E-state index < -0.39 is 0 Å². The van der Waals surface area contributed by atoms with Gasteiger partial charge in [0.1, 0.15) is 0 Å². The third-order valence-electron chi connectivity index (χ3n) is 10.3. The lowest BCUT2D eigenvalue weighted by Crippen LogP contribution is -2.56. The standard InChI is InChI=1S/C42H26BN3/c1-2-13-27(14-3-1)44-39-24-11-7-20-35(39)43-41-34(33-19-12-18-32-31-17-6-10-23-38(31)46(43)42(32)33)25-28(26-40(41)44)45-36-21-8-4-15-29(36)30-16-5-9-22-37(30)45/h1-26H. The Morgan fingerprint density at radius 3 is 1.78 bits per heavy atom. The van der Waals surface area contributed by atoms with Crippen molar-refractivity contribution in [3.05, 3.63) is 158 Å². The van der Waals surface area contributed by atoms with E-state index in [1.807, 2.05) is 0 Å². The molecule has 0 saturated carbocycles. The predicted molar refractivity (Wildman–Crippen MR) is 194 cm³/mol. The fourth-order valence-corrected chi connectivity index (χ4v) is 8.52. The SMILES string of the molecule is c1ccc(N2c3ccccc3B3c4c(cc(-n5c6ccccc6c6ccccc65)cc42)-c2cccc4c5ccccc5n3c24)cc1. The van der Waals surface area contributed by atoms with E-state index >= 15 is 0 Å². The molecule has 46 heavy (non-hydrogen) atoms. The second kappa shape index (κ2) is 8.80. The van der Waals surface area contributed by atoms with E-state index in [1.54, 1.807) is 0 Å². The first-order valence-corrected chi connectivity index (χ1v) is 16.0. The van der Waals surface area contributed by atoms with Crippen LogP contribution >= 0.6 is 0 Å². The Bertz CT molecular complexity index is 2660. The van der Waals surface area contributed by atoms with Gasteiger partial charge in [0, 0.05) is 60.9 Å². The van der Waals surface area contributed by atoms with E-state index in [2.05, 4.69) is 172 Å². The molecular formula is C42H26BN3. The summed E-state index contributed by atoms with van der Waals surface area (Å²) in [6.07, 6.45) is 0. The number of anilines is 3. The lowest BCUT2D eigenvalue weighted by Gasteiger charge is -2.40. The van der Waals surface area contributed by atoms with Crippen LogP contribution in [0.1, 0.15) is 0 Å². The van der Waals surface area contributed by atoms with Crippen molar-refractivity contribution in [2.24, 2.45) is 0 Å². The number of benzene rings is 7. The summed E-state index contributed by atoms with van der Waals surface area (Å²) in [5.74, 6) is 0. The van der Waals surface area contributed by atoms with Crippen LogP contribution < -0.4 is 15.8 Å². The Balaban J connectivity index is 1.35. The van der Waals surface area contributed by atoms with Crippen molar-refractivity contribution in [1.29, 1.82) is 0 Å². The maximum absolute atomic E-state index is 2.62. The van der Waals surface area contributed by atoms with Crippen LogP contribution in [-0.4, -0.2) is 15.9 Å². The maximum atomic E-state index is 2.62. The van der Waals surface area contributed by atoms with Crippen molar-refractivity contribution in [3.63, 3.8) is 0 Å². The highest BCUT2D eigenvalue weighted by Gasteiger charge is 2.42. The molecule has 2 aliphatic heterocycles. The number of fused-ring (bicyclic) bond motifs is 10. The molecule has 4 heterocycles. The van der Waals surface area contributed by atoms with Crippen molar-refractivity contribution in [1.82, 2.24) is 9.05 Å². The topological polar surface area (TPSA) is 13.1 Å². The van der Waals surface area contributed by atoms with Gasteiger partial charge in [0.2, 0.25) is 0 Å². The van der Waals surface area contributed by atoms with Gasteiger partial charge in [0.15, 0.2) is 0 Å². The van der Waals surface area contributed by atoms with Crippen molar-refractivity contribution in [3.8, 4) is 16.8 Å². The second-order valence-corrected chi connectivity index (χ2v) is 12.5. The molecule has 0 aliphatic carbocycles. The number of nitrogens with zero attached hydrogens (tertiary/aromatic N) is 3. The van der Waals surface area contributed by atoms with E-state index in [4.69, 9.17) is 0 Å². The highest BCUT2D eigenvalue weighted by Crippen LogP contribution is 2.46. The fraction of sp³-hybridized carbons (Fsp3) is 0. The average Bonchev–Trinajstić information content (AvgIpc) is 3.64. The molecule has 0 bridgehead atoms. The molecule has 11 rings (SSSR count). The molecule has 0 unspecified atom stereocenters. The van der Waals surface area contributed by atoms with Crippen LogP contribution in [0.15, 0.2) is 158 Å². The third-order valence-corrected chi connectivity index (χ3v) is 10.3. The van der Waals surface area contributed by atoms with Gasteiger partial charge in [-0.1, -0.05) is 109 Å². The van der Waals surface area contributed by atoms with Gasteiger partial charge in [0.05, 0.1) is 11.0 Å². The largest absolute Gasteiger partial charge is 0.375 e. The van der Waals surface area contributed by atoms with Crippen molar-refractivity contribution in [2.45, 2.75) is 0 Å². The Kier molecular flexibility index (Phi) is 4.66. The zero-order valence-corrected chi connectivity index (χ0v) is 24.9. The van der Waals surface area contributed by atoms with Crippen LogP contribution in [0.3, 0.4) is 0 Å². The first kappa shape index (κ1) is 24.3. The van der Waals surface area contributed by atoms with Crippen LogP contribution in [0, 0.1) is 0 Å². The number of aromatic nitrogens is 2. The molecule has 0 saturated heterocycles. The van der Waals surface area contributed by atoms with Gasteiger partial charge in [0.25, 0.3) is 0 Å². The minimum Gasteiger partial charge on any atom is -0.375 e. The predicted octanol–water partition coefficient (Wildman–Crippen LogP) is 9.31. The molecule has 0 N–H and O–H groups in total. The van der Waals surface area contributed by atoms with Crippen molar-refractivity contribution >= 4 is 78.4 Å². The van der Waals surface area contributed by atoms with Crippen molar-refractivity contribution in [2.75, 3.05) is 4.90 Å². The summed E-state index contributed by atoms with van der Waals surface area (Å²) in [4.78, 5) is 2.48. The summed E-state index contributed by atoms with van der Waals surface area (Å²) in [7, 11) is 0. The Hall–Kier alpha value is -6.00. The summed E-state index contributed by atoms with van der Waals surface area (Å²) < 4.78 is 5.08. The van der Waals surface area contributed by atoms with Gasteiger partial charge in [-0.15, -0.1) is 0 Å². The smallest absolute Gasteiger partial charge is 0.333 e. The molecule has 3 nitrogen and oxygen atoms in total. The molecule has 212 valence electrons. The summed E-state index contributed by atoms with van der Waals surface area (Å²) in [5.41, 5.74) is 15.1. The van der Waals surface area contributed by atoms with Crippen LogP contribution in [0.5, 0.6) is 0 Å². The van der Waals surface area contributed by atoms with Gasteiger partial charge in [-0.05, 0) is 65.0 Å². The number of hydrogen-bond donors (Lipinski definition) is 0. The lowest BCUT2D eigenvalue weighted by atomic mass is 9.45. The average molecular weight is 584 g/mol. The van der Waals surface area contributed by atoms with E-state index in [9.17, 15) is 0 Å². The first-order chi connectivity index (χ1) is 22.9. The quantitative estimate of drug-likeness (QED) is 0.185. The molecule has 0 spiro atoms. The van der Waals surface area contributed by atoms with Gasteiger partial charge in [-0.25, -0.2) is 0 Å². The molecule has 2 aromatic heterocycles. The maximum Gasteiger partial charge on any atom is 0.333 e. The highest BCUT2D eigenvalue weighted by atomic mass is 15.2. The number of hydrogen-bond acceptors (Lipinski definition) is 1. The van der Waals surface area contributed by atoms with E-state index in [0.29, 0.717) is 0 Å². The molecule has 0 atom stereocenters. The minimum atomic E-state index is 0.0469. The van der Waals surface area contributed by atoms with Gasteiger partial charge < -0.3 is 13.9 Å². The fourth-order valence-electron chi connectivity index (χ4n) is 8.52. The van der Waals surface area contributed by atoms with E-state index in [0.717, 1.165) is 5.69 Å². The van der Waals surface area contributed by atoms with Gasteiger partial charge >= 0.3 is 6.85 Å². The summed E-state index contributed by atoms with van der Waals surface area (Å²) >= 11 is 0. The molecule has 2 aliphatic rings. The summed E-state index contributed by atoms with van der Waals surface area (Å²) in [6.45, 7) is 0.0469. The van der Waals surface area contributed by atoms with Crippen LogP contribution in [-0.2, 0) is 0 Å². The van der Waals surface area contributed by atoms with Crippen LogP contribution in [0.4, 0.5) is 17.1 Å². The second-order valence-electron chi connectivity index (χ2n) is 12.5. The van der Waals surface area contributed by atoms with Crippen LogP contribution in [0.25, 0.3) is 60.4 Å². The Morgan fingerprint density at radius 2 is 1.02 bits per heavy atom. The molecule has 0 fully saturated rings.